The van der Waals surface area contributed by atoms with Crippen molar-refractivity contribution in [3.63, 3.8) is 0 Å². The average Bonchev–Trinajstić information content (AvgIpc) is 2.31. The highest BCUT2D eigenvalue weighted by atomic mass is 16.5. The minimum Gasteiger partial charge on any atom is -0.492 e. The lowest BCUT2D eigenvalue weighted by Crippen LogP contribution is -2.26. The zero-order valence-corrected chi connectivity index (χ0v) is 10.3. The smallest absolute Gasteiger partial charge is 0.253 e. The van der Waals surface area contributed by atoms with E-state index in [9.17, 15) is 4.79 Å². The van der Waals surface area contributed by atoms with Crippen LogP contribution in [0.3, 0.4) is 0 Å². The predicted octanol–water partition coefficient (Wildman–Crippen LogP) is 1.93. The summed E-state index contributed by atoms with van der Waals surface area (Å²) in [6.07, 6.45) is 1.68. The van der Waals surface area contributed by atoms with Gasteiger partial charge in [-0.2, -0.15) is 0 Å². The SMILES string of the molecule is C=CCN(C)C(=O)c1ccc(OCC)c(N)c1. The Morgan fingerprint density at radius 3 is 2.82 bits per heavy atom. The second kappa shape index (κ2) is 5.94. The zero-order chi connectivity index (χ0) is 12.8. The number of rotatable bonds is 5. The van der Waals surface area contributed by atoms with E-state index in [-0.39, 0.29) is 5.91 Å². The zero-order valence-electron chi connectivity index (χ0n) is 10.3. The van der Waals surface area contributed by atoms with Gasteiger partial charge >= 0.3 is 0 Å². The number of nitrogens with two attached hydrogens (primary N) is 1. The summed E-state index contributed by atoms with van der Waals surface area (Å²) in [4.78, 5) is 13.5. The maximum absolute atomic E-state index is 11.9. The van der Waals surface area contributed by atoms with Crippen LogP contribution in [0.5, 0.6) is 5.75 Å². The largest absolute Gasteiger partial charge is 0.492 e. The maximum Gasteiger partial charge on any atom is 0.253 e. The molecule has 0 radical (unpaired) electrons. The van der Waals surface area contributed by atoms with Crippen LogP contribution in [-0.4, -0.2) is 31.0 Å². The Hall–Kier alpha value is -1.97. The van der Waals surface area contributed by atoms with Crippen LogP contribution in [0.4, 0.5) is 5.69 Å². The second-order valence-corrected chi connectivity index (χ2v) is 3.66. The van der Waals surface area contributed by atoms with Gasteiger partial charge in [0, 0.05) is 19.2 Å². The Morgan fingerprint density at radius 1 is 1.59 bits per heavy atom. The molecule has 2 N–H and O–H groups in total. The molecule has 0 bridgehead atoms. The summed E-state index contributed by atoms with van der Waals surface area (Å²) in [6, 6.07) is 5.06. The lowest BCUT2D eigenvalue weighted by Gasteiger charge is -2.15. The van der Waals surface area contributed by atoms with Crippen LogP contribution < -0.4 is 10.5 Å². The molecule has 4 heteroatoms. The third kappa shape index (κ3) is 3.24. The molecule has 0 spiro atoms. The summed E-state index contributed by atoms with van der Waals surface area (Å²) in [5.74, 6) is 0.523. The van der Waals surface area contributed by atoms with Gasteiger partial charge < -0.3 is 15.4 Å². The van der Waals surface area contributed by atoms with Crippen LogP contribution in [0.15, 0.2) is 30.9 Å². The van der Waals surface area contributed by atoms with E-state index in [4.69, 9.17) is 10.5 Å². The van der Waals surface area contributed by atoms with E-state index in [0.29, 0.717) is 30.2 Å². The van der Waals surface area contributed by atoms with Crippen LogP contribution in [0.25, 0.3) is 0 Å². The molecular weight excluding hydrogens is 216 g/mol. The third-order valence-electron chi connectivity index (χ3n) is 2.31. The van der Waals surface area contributed by atoms with Crippen molar-refractivity contribution < 1.29 is 9.53 Å². The van der Waals surface area contributed by atoms with Gasteiger partial charge in [0.05, 0.1) is 12.3 Å². The molecule has 1 aromatic rings. The molecule has 0 aliphatic rings. The number of carbonyl (C=O) groups is 1. The van der Waals surface area contributed by atoms with E-state index in [0.717, 1.165) is 0 Å². The summed E-state index contributed by atoms with van der Waals surface area (Å²) in [6.45, 7) is 6.53. The van der Waals surface area contributed by atoms with Gasteiger partial charge in [0.2, 0.25) is 0 Å². The van der Waals surface area contributed by atoms with Gasteiger partial charge in [-0.1, -0.05) is 6.08 Å². The number of likely N-dealkylation sites (N-methyl/N-ethyl adjacent to an activating group) is 1. The van der Waals surface area contributed by atoms with Crippen molar-refractivity contribution in [2.75, 3.05) is 25.9 Å². The Labute approximate surface area is 102 Å². The van der Waals surface area contributed by atoms with Gasteiger partial charge in [0.15, 0.2) is 0 Å². The number of anilines is 1. The van der Waals surface area contributed by atoms with Gasteiger partial charge in [0.1, 0.15) is 5.75 Å². The minimum atomic E-state index is -0.0837. The van der Waals surface area contributed by atoms with E-state index in [2.05, 4.69) is 6.58 Å². The fourth-order valence-electron chi connectivity index (χ4n) is 1.47. The fourth-order valence-corrected chi connectivity index (χ4v) is 1.47. The highest BCUT2D eigenvalue weighted by Gasteiger charge is 2.12. The number of hydrogen-bond acceptors (Lipinski definition) is 3. The molecule has 0 aliphatic heterocycles. The third-order valence-corrected chi connectivity index (χ3v) is 2.31. The molecule has 0 aromatic heterocycles. The molecular formula is C13H18N2O2. The maximum atomic E-state index is 11.9. The molecule has 17 heavy (non-hydrogen) atoms. The van der Waals surface area contributed by atoms with E-state index in [1.54, 1.807) is 36.2 Å². The molecule has 0 aliphatic carbocycles. The van der Waals surface area contributed by atoms with Crippen LogP contribution in [-0.2, 0) is 0 Å². The Balaban J connectivity index is 2.89. The normalized spacial score (nSPS) is 9.76. The summed E-state index contributed by atoms with van der Waals surface area (Å²) < 4.78 is 5.31. The van der Waals surface area contributed by atoms with Crippen molar-refractivity contribution in [1.82, 2.24) is 4.90 Å². The molecule has 1 amide bonds. The van der Waals surface area contributed by atoms with Crippen molar-refractivity contribution in [3.05, 3.63) is 36.4 Å². The monoisotopic (exact) mass is 234 g/mol. The van der Waals surface area contributed by atoms with Gasteiger partial charge in [0.25, 0.3) is 5.91 Å². The van der Waals surface area contributed by atoms with Crippen molar-refractivity contribution in [1.29, 1.82) is 0 Å². The van der Waals surface area contributed by atoms with Crippen LogP contribution in [0, 0.1) is 0 Å². The van der Waals surface area contributed by atoms with Gasteiger partial charge in [-0.15, -0.1) is 6.58 Å². The Bertz CT molecular complexity index is 416. The molecule has 0 saturated carbocycles. The molecule has 0 heterocycles. The molecule has 1 aromatic carbocycles. The molecule has 0 fully saturated rings. The highest BCUT2D eigenvalue weighted by Crippen LogP contribution is 2.23. The predicted molar refractivity (Wildman–Crippen MR) is 69.2 cm³/mol. The number of benzene rings is 1. The average molecular weight is 234 g/mol. The molecule has 4 nitrogen and oxygen atoms in total. The van der Waals surface area contributed by atoms with E-state index < -0.39 is 0 Å². The van der Waals surface area contributed by atoms with E-state index in [1.807, 2.05) is 6.92 Å². The number of ether oxygens (including phenoxy) is 1. The van der Waals surface area contributed by atoms with Crippen LogP contribution in [0.2, 0.25) is 0 Å². The number of hydrogen-bond donors (Lipinski definition) is 1. The molecule has 0 atom stereocenters. The van der Waals surface area contributed by atoms with Crippen LogP contribution in [0.1, 0.15) is 17.3 Å². The lowest BCUT2D eigenvalue weighted by atomic mass is 10.1. The first-order valence-corrected chi connectivity index (χ1v) is 5.48. The fraction of sp³-hybridized carbons (Fsp3) is 0.308. The van der Waals surface area contributed by atoms with E-state index >= 15 is 0 Å². The number of carbonyl (C=O) groups excluding carboxylic acids is 1. The van der Waals surface area contributed by atoms with Gasteiger partial charge in [-0.05, 0) is 25.1 Å². The van der Waals surface area contributed by atoms with Crippen molar-refractivity contribution in [2.24, 2.45) is 0 Å². The second-order valence-electron chi connectivity index (χ2n) is 3.66. The van der Waals surface area contributed by atoms with E-state index in [1.165, 1.54) is 0 Å². The van der Waals surface area contributed by atoms with Crippen molar-refractivity contribution in [3.8, 4) is 5.75 Å². The number of nitrogen functional groups attached to an aromatic ring is 1. The highest BCUT2D eigenvalue weighted by molar-refractivity contribution is 5.95. The molecule has 0 saturated heterocycles. The van der Waals surface area contributed by atoms with Gasteiger partial charge in [-0.25, -0.2) is 0 Å². The van der Waals surface area contributed by atoms with Crippen LogP contribution >= 0.6 is 0 Å². The number of nitrogens with zero attached hydrogens (tertiary/aromatic N) is 1. The summed E-state index contributed by atoms with van der Waals surface area (Å²) in [7, 11) is 1.72. The summed E-state index contributed by atoms with van der Waals surface area (Å²) in [5.41, 5.74) is 6.83. The molecule has 1 rings (SSSR count). The lowest BCUT2D eigenvalue weighted by molar-refractivity contribution is 0.0810. The molecule has 92 valence electrons. The standard InChI is InChI=1S/C13H18N2O2/c1-4-8-15(3)13(16)10-6-7-12(17-5-2)11(14)9-10/h4,6-7,9H,1,5,8,14H2,2-3H3. The minimum absolute atomic E-state index is 0.0837. The summed E-state index contributed by atoms with van der Waals surface area (Å²) in [5, 5.41) is 0. The Morgan fingerprint density at radius 2 is 2.29 bits per heavy atom. The first kappa shape index (κ1) is 13.1. The van der Waals surface area contributed by atoms with Crippen molar-refractivity contribution >= 4 is 11.6 Å². The first-order chi connectivity index (χ1) is 8.10. The first-order valence-electron chi connectivity index (χ1n) is 5.48. The summed E-state index contributed by atoms with van der Waals surface area (Å²) >= 11 is 0. The molecule has 0 unspecified atom stereocenters. The van der Waals surface area contributed by atoms with Gasteiger partial charge in [-0.3, -0.25) is 4.79 Å². The quantitative estimate of drug-likeness (QED) is 0.625. The number of amides is 1. The van der Waals surface area contributed by atoms with Crippen molar-refractivity contribution in [2.45, 2.75) is 6.92 Å². The topological polar surface area (TPSA) is 55.6 Å². The Kier molecular flexibility index (Phi) is 4.57.